The lowest BCUT2D eigenvalue weighted by Gasteiger charge is -2.30. The second-order valence-electron chi connectivity index (χ2n) is 5.68. The van der Waals surface area contributed by atoms with Crippen molar-refractivity contribution in [2.24, 2.45) is 0 Å². The Kier molecular flexibility index (Phi) is 5.71. The van der Waals surface area contributed by atoms with Gasteiger partial charge in [0.15, 0.2) is 5.82 Å². The Balaban J connectivity index is 0.00000182. The first-order valence-electron chi connectivity index (χ1n) is 7.68. The lowest BCUT2D eigenvalue weighted by molar-refractivity contribution is 0.190. The lowest BCUT2D eigenvalue weighted by Crippen LogP contribution is -2.44. The maximum atomic E-state index is 6.24. The van der Waals surface area contributed by atoms with Gasteiger partial charge in [-0.3, -0.25) is 4.90 Å². The van der Waals surface area contributed by atoms with Crippen molar-refractivity contribution in [2.45, 2.75) is 6.04 Å². The quantitative estimate of drug-likeness (QED) is 0.729. The highest BCUT2D eigenvalue weighted by Gasteiger charge is 2.26. The molecule has 4 rings (SSSR count). The number of rotatable bonds is 3. The fraction of sp³-hybridized carbons (Fsp3) is 0.312. The highest BCUT2D eigenvalue weighted by Crippen LogP contribution is 2.33. The van der Waals surface area contributed by atoms with Crippen LogP contribution in [0, 0.1) is 0 Å². The zero-order valence-corrected chi connectivity index (χ0v) is 15.9. The molecule has 0 spiro atoms. The molecule has 3 heterocycles. The monoisotopic (exact) mass is 397 g/mol. The van der Waals surface area contributed by atoms with Crippen LogP contribution in [0.15, 0.2) is 34.2 Å². The van der Waals surface area contributed by atoms with Crippen LogP contribution < -0.4 is 5.32 Å². The van der Waals surface area contributed by atoms with Crippen molar-refractivity contribution in [1.82, 2.24) is 25.3 Å². The third-order valence-electron chi connectivity index (χ3n) is 4.08. The molecule has 3 aromatic rings. The summed E-state index contributed by atoms with van der Waals surface area (Å²) in [5.41, 5.74) is 1.59. The van der Waals surface area contributed by atoms with Crippen molar-refractivity contribution in [3.05, 3.63) is 40.5 Å². The minimum absolute atomic E-state index is 0. The molecule has 0 bridgehead atoms. The van der Waals surface area contributed by atoms with E-state index >= 15 is 0 Å². The van der Waals surface area contributed by atoms with Crippen LogP contribution in [-0.4, -0.2) is 46.7 Å². The number of thiazole rings is 1. The molecule has 9 heteroatoms. The molecule has 0 amide bonds. The van der Waals surface area contributed by atoms with Crippen molar-refractivity contribution < 1.29 is 4.52 Å². The van der Waals surface area contributed by atoms with Gasteiger partial charge in [0.1, 0.15) is 10.7 Å². The van der Waals surface area contributed by atoms with Crippen LogP contribution >= 0.6 is 35.3 Å². The highest BCUT2D eigenvalue weighted by molar-refractivity contribution is 7.13. The standard InChI is InChI=1S/C16H16ClN5OS.ClH/c1-22-7-6-18-8-13(22)14-20-15(23-21-14)12-9-24-16(19-12)10-4-2-3-5-11(10)17;/h2-5,9,13,18H,6-8H2,1H3;1H. The van der Waals surface area contributed by atoms with Crippen molar-refractivity contribution >= 4 is 35.3 Å². The number of hydrogen-bond donors (Lipinski definition) is 1. The lowest BCUT2D eigenvalue weighted by atomic mass is 10.2. The van der Waals surface area contributed by atoms with E-state index in [9.17, 15) is 0 Å². The van der Waals surface area contributed by atoms with E-state index in [1.807, 2.05) is 29.6 Å². The van der Waals surface area contributed by atoms with Crippen LogP contribution in [0.1, 0.15) is 11.9 Å². The van der Waals surface area contributed by atoms with Crippen LogP contribution in [0.2, 0.25) is 5.02 Å². The Morgan fingerprint density at radius 3 is 2.96 bits per heavy atom. The summed E-state index contributed by atoms with van der Waals surface area (Å²) in [5, 5.41) is 10.9. The second-order valence-corrected chi connectivity index (χ2v) is 6.94. The zero-order chi connectivity index (χ0) is 16.5. The van der Waals surface area contributed by atoms with Crippen molar-refractivity contribution in [3.8, 4) is 22.2 Å². The molecule has 1 N–H and O–H groups in total. The summed E-state index contributed by atoms with van der Waals surface area (Å²) in [6, 6.07) is 7.78. The van der Waals surface area contributed by atoms with Gasteiger partial charge in [-0.15, -0.1) is 23.7 Å². The molecule has 1 unspecified atom stereocenters. The summed E-state index contributed by atoms with van der Waals surface area (Å²) in [6.45, 7) is 2.75. The molecule has 25 heavy (non-hydrogen) atoms. The van der Waals surface area contributed by atoms with E-state index in [-0.39, 0.29) is 18.4 Å². The fourth-order valence-electron chi connectivity index (χ4n) is 2.70. The van der Waals surface area contributed by atoms with E-state index in [2.05, 4.69) is 32.4 Å². The molecule has 0 aliphatic carbocycles. The van der Waals surface area contributed by atoms with Gasteiger partial charge in [-0.2, -0.15) is 4.98 Å². The van der Waals surface area contributed by atoms with Crippen molar-refractivity contribution in [3.63, 3.8) is 0 Å². The number of halogens is 2. The Morgan fingerprint density at radius 2 is 2.16 bits per heavy atom. The molecular formula is C16H17Cl2N5OS. The topological polar surface area (TPSA) is 67.1 Å². The Bertz CT molecular complexity index is 852. The molecular weight excluding hydrogens is 381 g/mol. The molecule has 2 aromatic heterocycles. The first-order chi connectivity index (χ1) is 11.7. The summed E-state index contributed by atoms with van der Waals surface area (Å²) in [4.78, 5) is 11.4. The fourth-order valence-corrected chi connectivity index (χ4v) is 3.81. The van der Waals surface area contributed by atoms with Crippen molar-refractivity contribution in [1.29, 1.82) is 0 Å². The van der Waals surface area contributed by atoms with E-state index in [1.165, 1.54) is 11.3 Å². The summed E-state index contributed by atoms with van der Waals surface area (Å²) in [6.07, 6.45) is 0. The third-order valence-corrected chi connectivity index (χ3v) is 5.28. The number of likely N-dealkylation sites (N-methyl/N-ethyl adjacent to an activating group) is 1. The molecule has 1 fully saturated rings. The largest absolute Gasteiger partial charge is 0.332 e. The van der Waals surface area contributed by atoms with E-state index in [1.54, 1.807) is 0 Å². The van der Waals surface area contributed by atoms with Gasteiger partial charge in [0.2, 0.25) is 0 Å². The molecule has 1 aliphatic heterocycles. The number of benzene rings is 1. The van der Waals surface area contributed by atoms with Gasteiger partial charge in [0.05, 0.1) is 11.1 Å². The maximum Gasteiger partial charge on any atom is 0.277 e. The summed E-state index contributed by atoms with van der Waals surface area (Å²) >= 11 is 7.75. The predicted molar refractivity (Wildman–Crippen MR) is 101 cm³/mol. The van der Waals surface area contributed by atoms with E-state index in [0.29, 0.717) is 22.4 Å². The first kappa shape index (κ1) is 18.3. The molecule has 1 aliphatic rings. The zero-order valence-electron chi connectivity index (χ0n) is 13.5. The van der Waals surface area contributed by atoms with Crippen LogP contribution in [0.25, 0.3) is 22.2 Å². The minimum atomic E-state index is 0. The molecule has 1 atom stereocenters. The maximum absolute atomic E-state index is 6.24. The van der Waals surface area contributed by atoms with Gasteiger partial charge < -0.3 is 9.84 Å². The number of piperazine rings is 1. The van der Waals surface area contributed by atoms with Crippen LogP contribution in [-0.2, 0) is 0 Å². The Morgan fingerprint density at radius 1 is 1.32 bits per heavy atom. The average Bonchev–Trinajstić information content (AvgIpc) is 3.25. The molecule has 0 radical (unpaired) electrons. The Hall–Kier alpha value is -1.51. The van der Waals surface area contributed by atoms with E-state index in [4.69, 9.17) is 16.1 Å². The summed E-state index contributed by atoms with van der Waals surface area (Å²) < 4.78 is 5.43. The highest BCUT2D eigenvalue weighted by atomic mass is 35.5. The normalized spacial score (nSPS) is 18.1. The van der Waals surface area contributed by atoms with Crippen LogP contribution in [0.4, 0.5) is 0 Å². The molecule has 0 saturated carbocycles. The third kappa shape index (κ3) is 3.70. The van der Waals surface area contributed by atoms with Gasteiger partial charge in [0, 0.05) is 30.6 Å². The number of nitrogens with zero attached hydrogens (tertiary/aromatic N) is 4. The van der Waals surface area contributed by atoms with Crippen molar-refractivity contribution in [2.75, 3.05) is 26.7 Å². The minimum Gasteiger partial charge on any atom is -0.332 e. The number of nitrogens with one attached hydrogen (secondary N) is 1. The molecule has 1 aromatic carbocycles. The SMILES string of the molecule is CN1CCNCC1c1noc(-c2csc(-c3ccccc3Cl)n2)n1.Cl. The average molecular weight is 398 g/mol. The predicted octanol–water partition coefficient (Wildman–Crippen LogP) is 3.51. The van der Waals surface area contributed by atoms with Gasteiger partial charge in [-0.05, 0) is 13.1 Å². The smallest absolute Gasteiger partial charge is 0.277 e. The number of aromatic nitrogens is 3. The van der Waals surface area contributed by atoms with E-state index < -0.39 is 0 Å². The molecule has 6 nitrogen and oxygen atoms in total. The molecule has 132 valence electrons. The number of hydrogen-bond acceptors (Lipinski definition) is 7. The van der Waals surface area contributed by atoms with Crippen LogP contribution in [0.3, 0.4) is 0 Å². The Labute approximate surface area is 160 Å². The van der Waals surface area contributed by atoms with Gasteiger partial charge in [0.25, 0.3) is 5.89 Å². The summed E-state index contributed by atoms with van der Waals surface area (Å²) in [5.74, 6) is 1.13. The molecule has 1 saturated heterocycles. The van der Waals surface area contributed by atoms with Gasteiger partial charge in [-0.1, -0.05) is 35.0 Å². The van der Waals surface area contributed by atoms with Crippen LogP contribution in [0.5, 0.6) is 0 Å². The second kappa shape index (κ2) is 7.80. The first-order valence-corrected chi connectivity index (χ1v) is 8.93. The van der Waals surface area contributed by atoms with E-state index in [0.717, 1.165) is 30.2 Å². The van der Waals surface area contributed by atoms with Gasteiger partial charge in [-0.25, -0.2) is 4.98 Å². The summed E-state index contributed by atoms with van der Waals surface area (Å²) in [7, 11) is 2.07. The van der Waals surface area contributed by atoms with Gasteiger partial charge >= 0.3 is 0 Å².